The molecule has 0 aliphatic heterocycles. The molecule has 0 atom stereocenters. The van der Waals surface area contributed by atoms with E-state index < -0.39 is 5.02 Å². The summed E-state index contributed by atoms with van der Waals surface area (Å²) in [4.78, 5) is 0. The van der Waals surface area contributed by atoms with E-state index in [1.807, 2.05) is 0 Å². The van der Waals surface area contributed by atoms with Crippen molar-refractivity contribution in [1.29, 1.82) is 0 Å². The molecule has 1 nitrogen and oxygen atoms in total. The van der Waals surface area contributed by atoms with Gasteiger partial charge in [0.05, 0.1) is 6.10 Å². The van der Waals surface area contributed by atoms with Crippen LogP contribution >= 0.6 is 23.2 Å². The van der Waals surface area contributed by atoms with Crippen molar-refractivity contribution in [2.45, 2.75) is 36.8 Å². The highest BCUT2D eigenvalue weighted by molar-refractivity contribution is 6.43. The van der Waals surface area contributed by atoms with Gasteiger partial charge in [-0.05, 0) is 37.5 Å². The van der Waals surface area contributed by atoms with Crippen molar-refractivity contribution in [2.24, 2.45) is 11.8 Å². The molecule has 2 fully saturated rings. The van der Waals surface area contributed by atoms with Crippen LogP contribution in [0.4, 0.5) is 0 Å². The van der Waals surface area contributed by atoms with Gasteiger partial charge in [-0.15, -0.1) is 0 Å². The van der Waals surface area contributed by atoms with Crippen molar-refractivity contribution in [1.82, 2.24) is 0 Å². The third-order valence-corrected chi connectivity index (χ3v) is 3.21. The van der Waals surface area contributed by atoms with Gasteiger partial charge in [-0.2, -0.15) is 0 Å². The highest BCUT2D eigenvalue weighted by Crippen LogP contribution is 2.46. The average Bonchev–Trinajstić information content (AvgIpc) is 2.48. The van der Waals surface area contributed by atoms with Gasteiger partial charge in [-0.1, -0.05) is 23.2 Å². The van der Waals surface area contributed by atoms with Crippen molar-refractivity contribution in [2.75, 3.05) is 0 Å². The first-order valence-electron chi connectivity index (χ1n) is 4.21. The maximum Gasteiger partial charge on any atom is 0.206 e. The Morgan fingerprint density at radius 2 is 1.45 bits per heavy atom. The highest BCUT2D eigenvalue weighted by atomic mass is 35.5. The van der Waals surface area contributed by atoms with Crippen LogP contribution in [-0.4, -0.2) is 11.1 Å². The van der Waals surface area contributed by atoms with Crippen LogP contribution < -0.4 is 0 Å². The SMILES string of the molecule is ClC(Cl)OC1C2CCC1CC2. The number of rotatable bonds is 2. The lowest BCUT2D eigenvalue weighted by Crippen LogP contribution is -2.19. The molecular weight excluding hydrogens is 183 g/mol. The molecule has 0 unspecified atom stereocenters. The fourth-order valence-corrected chi connectivity index (χ4v) is 2.77. The van der Waals surface area contributed by atoms with Crippen molar-refractivity contribution in [3.63, 3.8) is 0 Å². The van der Waals surface area contributed by atoms with Gasteiger partial charge in [0.25, 0.3) is 0 Å². The Labute approximate surface area is 77.0 Å². The van der Waals surface area contributed by atoms with E-state index in [9.17, 15) is 0 Å². The second-order valence-corrected chi connectivity index (χ2v) is 4.55. The van der Waals surface area contributed by atoms with Crippen molar-refractivity contribution >= 4 is 23.2 Å². The Bertz CT molecular complexity index is 129. The van der Waals surface area contributed by atoms with Gasteiger partial charge in [-0.25, -0.2) is 0 Å². The smallest absolute Gasteiger partial charge is 0.206 e. The largest absolute Gasteiger partial charge is 0.345 e. The molecule has 2 aliphatic carbocycles. The normalized spacial score (nSPS) is 42.3. The standard InChI is InChI=1S/C8H12Cl2O/c9-8(10)11-7-5-1-2-6(7)4-3-5/h5-8H,1-4H2. The second-order valence-electron chi connectivity index (χ2n) is 3.54. The third-order valence-electron chi connectivity index (χ3n) is 3.01. The Kier molecular flexibility index (Phi) is 2.31. The topological polar surface area (TPSA) is 9.23 Å². The summed E-state index contributed by atoms with van der Waals surface area (Å²) in [5.74, 6) is 1.50. The number of halogens is 2. The number of ether oxygens (including phenoxy) is 1. The molecule has 2 rings (SSSR count). The molecule has 2 aliphatic rings. The maximum absolute atomic E-state index is 5.56. The van der Waals surface area contributed by atoms with Crippen LogP contribution in [0.1, 0.15) is 25.7 Å². The predicted octanol–water partition coefficient (Wildman–Crippen LogP) is 2.95. The molecule has 0 aromatic heterocycles. The molecule has 0 aromatic carbocycles. The van der Waals surface area contributed by atoms with Crippen molar-refractivity contribution in [3.8, 4) is 0 Å². The Balaban J connectivity index is 1.94. The number of fused-ring (bicyclic) bond motifs is 2. The summed E-state index contributed by atoms with van der Waals surface area (Å²) in [6, 6.07) is 0. The third kappa shape index (κ3) is 1.51. The van der Waals surface area contributed by atoms with Crippen LogP contribution in [0.2, 0.25) is 0 Å². The molecule has 2 bridgehead atoms. The molecule has 11 heavy (non-hydrogen) atoms. The van der Waals surface area contributed by atoms with Gasteiger partial charge in [0.1, 0.15) is 0 Å². The lowest BCUT2D eigenvalue weighted by atomic mass is 10.0. The van der Waals surface area contributed by atoms with Crippen LogP contribution in [0.3, 0.4) is 0 Å². The first kappa shape index (κ1) is 8.15. The molecule has 0 aromatic rings. The van der Waals surface area contributed by atoms with Crippen molar-refractivity contribution in [3.05, 3.63) is 0 Å². The van der Waals surface area contributed by atoms with Gasteiger partial charge in [-0.3, -0.25) is 0 Å². The van der Waals surface area contributed by atoms with Crippen LogP contribution in [0.5, 0.6) is 0 Å². The summed E-state index contributed by atoms with van der Waals surface area (Å²) in [5.41, 5.74) is 0. The summed E-state index contributed by atoms with van der Waals surface area (Å²) in [6.45, 7) is 0. The molecule has 0 heterocycles. The van der Waals surface area contributed by atoms with E-state index >= 15 is 0 Å². The quantitative estimate of drug-likeness (QED) is 0.615. The first-order valence-corrected chi connectivity index (χ1v) is 5.08. The number of hydrogen-bond donors (Lipinski definition) is 0. The maximum atomic E-state index is 5.56. The molecule has 64 valence electrons. The minimum atomic E-state index is -0.624. The molecular formula is C8H12Cl2O. The zero-order chi connectivity index (χ0) is 7.84. The zero-order valence-corrected chi connectivity index (χ0v) is 7.81. The Morgan fingerprint density at radius 3 is 1.82 bits per heavy atom. The minimum Gasteiger partial charge on any atom is -0.345 e. The Morgan fingerprint density at radius 1 is 1.00 bits per heavy atom. The van der Waals surface area contributed by atoms with E-state index in [4.69, 9.17) is 27.9 Å². The van der Waals surface area contributed by atoms with Gasteiger partial charge in [0.15, 0.2) is 0 Å². The lowest BCUT2D eigenvalue weighted by Gasteiger charge is -2.16. The summed E-state index contributed by atoms with van der Waals surface area (Å²) in [5, 5.41) is -0.624. The summed E-state index contributed by atoms with van der Waals surface area (Å²) in [6.07, 6.45) is 5.63. The molecule has 0 N–H and O–H groups in total. The first-order chi connectivity index (χ1) is 5.27. The Hall–Kier alpha value is 0.540. The van der Waals surface area contributed by atoms with Gasteiger partial charge < -0.3 is 4.74 Å². The van der Waals surface area contributed by atoms with E-state index in [1.165, 1.54) is 25.7 Å². The van der Waals surface area contributed by atoms with Gasteiger partial charge in [0.2, 0.25) is 5.02 Å². The fraction of sp³-hybridized carbons (Fsp3) is 1.00. The second kappa shape index (κ2) is 3.12. The van der Waals surface area contributed by atoms with Crippen LogP contribution in [-0.2, 0) is 4.74 Å². The summed E-state index contributed by atoms with van der Waals surface area (Å²) < 4.78 is 5.43. The highest BCUT2D eigenvalue weighted by Gasteiger charge is 2.43. The summed E-state index contributed by atoms with van der Waals surface area (Å²) >= 11 is 11.1. The molecule has 0 radical (unpaired) electrons. The average molecular weight is 195 g/mol. The molecule has 0 amide bonds. The zero-order valence-electron chi connectivity index (χ0n) is 6.30. The van der Waals surface area contributed by atoms with E-state index in [0.717, 1.165) is 11.8 Å². The van der Waals surface area contributed by atoms with Crippen LogP contribution in [0, 0.1) is 11.8 Å². The van der Waals surface area contributed by atoms with E-state index in [2.05, 4.69) is 0 Å². The van der Waals surface area contributed by atoms with Crippen LogP contribution in [0.15, 0.2) is 0 Å². The molecule has 0 spiro atoms. The van der Waals surface area contributed by atoms with Gasteiger partial charge >= 0.3 is 0 Å². The fourth-order valence-electron chi connectivity index (χ4n) is 2.53. The van der Waals surface area contributed by atoms with E-state index in [-0.39, 0.29) is 0 Å². The number of alkyl halides is 2. The monoisotopic (exact) mass is 194 g/mol. The van der Waals surface area contributed by atoms with Crippen molar-refractivity contribution < 1.29 is 4.74 Å². The van der Waals surface area contributed by atoms with E-state index in [0.29, 0.717) is 6.10 Å². The number of hydrogen-bond acceptors (Lipinski definition) is 1. The molecule has 0 saturated heterocycles. The molecule has 3 heteroatoms. The minimum absolute atomic E-state index is 0.370. The predicted molar refractivity (Wildman–Crippen MR) is 45.8 cm³/mol. The van der Waals surface area contributed by atoms with Crippen LogP contribution in [0.25, 0.3) is 0 Å². The van der Waals surface area contributed by atoms with Gasteiger partial charge in [0, 0.05) is 0 Å². The van der Waals surface area contributed by atoms with E-state index in [1.54, 1.807) is 0 Å². The summed E-state index contributed by atoms with van der Waals surface area (Å²) in [7, 11) is 0. The molecule has 2 saturated carbocycles. The lowest BCUT2D eigenvalue weighted by molar-refractivity contribution is 0.0354.